The van der Waals surface area contributed by atoms with Gasteiger partial charge in [-0.25, -0.2) is 4.90 Å². The fraction of sp³-hybridized carbons (Fsp3) is 0.379. The first kappa shape index (κ1) is 24.4. The van der Waals surface area contributed by atoms with Gasteiger partial charge in [-0.15, -0.1) is 0 Å². The molecule has 2 aliphatic heterocycles. The molecule has 4 amide bonds. The van der Waals surface area contributed by atoms with Crippen LogP contribution in [0.25, 0.3) is 0 Å². The Bertz CT molecular complexity index is 1400. The Labute approximate surface area is 219 Å². The molecule has 2 saturated heterocycles. The van der Waals surface area contributed by atoms with Crippen molar-refractivity contribution < 1.29 is 34.2 Å². The van der Waals surface area contributed by atoms with Crippen LogP contribution in [0.2, 0.25) is 0 Å². The van der Waals surface area contributed by atoms with Crippen LogP contribution in [0.15, 0.2) is 60.2 Å². The second-order valence-electron chi connectivity index (χ2n) is 10.6. The zero-order chi connectivity index (χ0) is 26.9. The lowest BCUT2D eigenvalue weighted by Gasteiger charge is -2.49. The van der Waals surface area contributed by atoms with Crippen molar-refractivity contribution in [2.24, 2.45) is 29.1 Å². The van der Waals surface area contributed by atoms with E-state index in [-0.39, 0.29) is 41.2 Å². The van der Waals surface area contributed by atoms with Crippen molar-refractivity contribution in [1.29, 1.82) is 0 Å². The summed E-state index contributed by atoms with van der Waals surface area (Å²) in [5, 5.41) is 20.7. The molecule has 0 radical (unpaired) electrons. The van der Waals surface area contributed by atoms with Gasteiger partial charge in [0.15, 0.2) is 11.5 Å². The van der Waals surface area contributed by atoms with E-state index in [9.17, 15) is 29.5 Å². The summed E-state index contributed by atoms with van der Waals surface area (Å²) in [6.45, 7) is 3.91. The van der Waals surface area contributed by atoms with Crippen molar-refractivity contribution in [3.63, 3.8) is 0 Å². The van der Waals surface area contributed by atoms with Crippen molar-refractivity contribution in [2.45, 2.75) is 32.6 Å². The van der Waals surface area contributed by atoms with E-state index in [4.69, 9.17) is 4.74 Å². The van der Waals surface area contributed by atoms with E-state index in [1.54, 1.807) is 56.3 Å². The van der Waals surface area contributed by atoms with Gasteiger partial charge in [-0.05, 0) is 62.4 Å². The summed E-state index contributed by atoms with van der Waals surface area (Å²) in [6, 6.07) is 13.7. The summed E-state index contributed by atoms with van der Waals surface area (Å²) in [5.41, 5.74) is 0.751. The molecule has 2 aromatic rings. The van der Waals surface area contributed by atoms with E-state index in [1.807, 2.05) is 6.08 Å². The normalized spacial score (nSPS) is 32.2. The lowest BCUT2D eigenvalue weighted by molar-refractivity contribution is -0.173. The summed E-state index contributed by atoms with van der Waals surface area (Å²) in [7, 11) is 0. The van der Waals surface area contributed by atoms with Gasteiger partial charge in [0.2, 0.25) is 11.8 Å². The van der Waals surface area contributed by atoms with Gasteiger partial charge in [0, 0.05) is 5.92 Å². The Kier molecular flexibility index (Phi) is 5.47. The molecule has 0 bridgehead atoms. The second kappa shape index (κ2) is 8.52. The van der Waals surface area contributed by atoms with Crippen LogP contribution in [0.3, 0.4) is 0 Å². The number of fused-ring (bicyclic) bond motifs is 4. The molecule has 4 aliphatic rings. The molecule has 6 atom stereocenters. The summed E-state index contributed by atoms with van der Waals surface area (Å²) in [6.07, 6.45) is 2.35. The molecule has 196 valence electrons. The number of phenolic OH excluding ortho intramolecular Hbond substituents is 1. The number of carbonyl (C=O) groups excluding carboxylic acids is 4. The van der Waals surface area contributed by atoms with Crippen LogP contribution in [-0.4, -0.2) is 45.6 Å². The Morgan fingerprint density at radius 3 is 2.45 bits per heavy atom. The van der Waals surface area contributed by atoms with Crippen LogP contribution in [0.4, 0.5) is 5.69 Å². The smallest absolute Gasteiger partial charge is 0.257 e. The molecule has 9 heteroatoms. The Morgan fingerprint density at radius 2 is 1.74 bits per heavy atom. The van der Waals surface area contributed by atoms with Crippen molar-refractivity contribution in [1.82, 2.24) is 5.06 Å². The number of carbonyl (C=O) groups is 4. The number of phenols is 1. The molecule has 6 rings (SSSR count). The molecular formula is C29H28N2O7. The molecule has 2 aromatic carbocycles. The van der Waals surface area contributed by atoms with Crippen LogP contribution >= 0.6 is 0 Å². The quantitative estimate of drug-likeness (QED) is 0.363. The third-order valence-corrected chi connectivity index (χ3v) is 8.88. The number of rotatable bonds is 4. The van der Waals surface area contributed by atoms with E-state index < -0.39 is 46.8 Å². The van der Waals surface area contributed by atoms with Crippen molar-refractivity contribution in [2.75, 3.05) is 11.5 Å². The Hall–Kier alpha value is -3.98. The highest BCUT2D eigenvalue weighted by atomic mass is 16.5. The van der Waals surface area contributed by atoms with Gasteiger partial charge in [-0.1, -0.05) is 35.9 Å². The SMILES string of the molecule is CCOc1cc(C2C3=CCC4C(=O)N(O)C(=O)C4C3CC3C(=O)N(c4ccccc4)C(=O)C32C)ccc1O. The van der Waals surface area contributed by atoms with Crippen molar-refractivity contribution in [3.8, 4) is 11.5 Å². The minimum atomic E-state index is -1.19. The molecule has 2 N–H and O–H groups in total. The summed E-state index contributed by atoms with van der Waals surface area (Å²) >= 11 is 0. The summed E-state index contributed by atoms with van der Waals surface area (Å²) in [5.74, 6) is -5.19. The lowest BCUT2D eigenvalue weighted by Crippen LogP contribution is -2.48. The van der Waals surface area contributed by atoms with Gasteiger partial charge in [0.25, 0.3) is 11.8 Å². The number of anilines is 1. The average molecular weight is 517 g/mol. The Balaban J connectivity index is 1.54. The van der Waals surface area contributed by atoms with Gasteiger partial charge in [0.05, 0.1) is 35.5 Å². The minimum Gasteiger partial charge on any atom is -0.504 e. The number of nitrogens with zero attached hydrogens (tertiary/aromatic N) is 2. The van der Waals surface area contributed by atoms with E-state index >= 15 is 0 Å². The van der Waals surface area contributed by atoms with Crippen molar-refractivity contribution >= 4 is 29.3 Å². The maximum Gasteiger partial charge on any atom is 0.257 e. The molecule has 6 unspecified atom stereocenters. The number of hydroxylamine groups is 2. The molecule has 9 nitrogen and oxygen atoms in total. The molecule has 3 fully saturated rings. The van der Waals surface area contributed by atoms with Crippen LogP contribution in [0.1, 0.15) is 38.2 Å². The van der Waals surface area contributed by atoms with Gasteiger partial charge >= 0.3 is 0 Å². The number of ether oxygens (including phenoxy) is 1. The van der Waals surface area contributed by atoms with Gasteiger partial charge in [-0.2, -0.15) is 5.06 Å². The highest BCUT2D eigenvalue weighted by Gasteiger charge is 2.67. The molecule has 2 aliphatic carbocycles. The zero-order valence-corrected chi connectivity index (χ0v) is 21.0. The first-order valence-electron chi connectivity index (χ1n) is 12.9. The predicted molar refractivity (Wildman–Crippen MR) is 134 cm³/mol. The fourth-order valence-corrected chi connectivity index (χ4v) is 7.18. The standard InChI is InChI=1S/C29H28N2O7/c1-3-38-22-13-15(9-12-21(22)32)24-17-10-11-18-23(27(35)31(37)25(18)33)19(17)14-20-26(34)30(28(36)29(20,24)2)16-7-5-4-6-8-16/h4-10,12-13,18-20,23-24,32,37H,3,11,14H2,1-2H3. The number of aromatic hydroxyl groups is 1. The third-order valence-electron chi connectivity index (χ3n) is 8.88. The third kappa shape index (κ3) is 3.14. The fourth-order valence-electron chi connectivity index (χ4n) is 7.18. The number of imide groups is 2. The van der Waals surface area contributed by atoms with Gasteiger partial charge in [0.1, 0.15) is 0 Å². The van der Waals surface area contributed by atoms with Crippen molar-refractivity contribution in [3.05, 3.63) is 65.7 Å². The summed E-state index contributed by atoms with van der Waals surface area (Å²) < 4.78 is 5.63. The Morgan fingerprint density at radius 1 is 1.00 bits per heavy atom. The largest absolute Gasteiger partial charge is 0.504 e. The van der Waals surface area contributed by atoms with Crippen LogP contribution in [-0.2, 0) is 19.2 Å². The second-order valence-corrected chi connectivity index (χ2v) is 10.6. The lowest BCUT2D eigenvalue weighted by atomic mass is 9.51. The molecule has 0 aromatic heterocycles. The molecule has 2 heterocycles. The highest BCUT2D eigenvalue weighted by Crippen LogP contribution is 2.63. The maximum absolute atomic E-state index is 14.2. The number of amides is 4. The zero-order valence-electron chi connectivity index (χ0n) is 21.0. The molecule has 0 spiro atoms. The molecule has 38 heavy (non-hydrogen) atoms. The number of hydrogen-bond acceptors (Lipinski definition) is 7. The number of benzene rings is 2. The topological polar surface area (TPSA) is 124 Å². The minimum absolute atomic E-state index is 0.0467. The molecular weight excluding hydrogens is 488 g/mol. The number of para-hydroxylation sites is 1. The maximum atomic E-state index is 14.2. The van der Waals surface area contributed by atoms with E-state index in [0.717, 1.165) is 5.57 Å². The van der Waals surface area contributed by atoms with Gasteiger partial charge in [-0.3, -0.25) is 24.4 Å². The molecule has 1 saturated carbocycles. The average Bonchev–Trinajstić information content (AvgIpc) is 3.25. The van der Waals surface area contributed by atoms with E-state index in [0.29, 0.717) is 17.9 Å². The van der Waals surface area contributed by atoms with Crippen LogP contribution in [0.5, 0.6) is 11.5 Å². The predicted octanol–water partition coefficient (Wildman–Crippen LogP) is 3.41. The number of allylic oxidation sites excluding steroid dienone is 2. The van der Waals surface area contributed by atoms with E-state index in [2.05, 4.69) is 0 Å². The van der Waals surface area contributed by atoms with Gasteiger partial charge < -0.3 is 9.84 Å². The number of hydrogen-bond donors (Lipinski definition) is 2. The van der Waals surface area contributed by atoms with Crippen LogP contribution < -0.4 is 9.64 Å². The summed E-state index contributed by atoms with van der Waals surface area (Å²) in [4.78, 5) is 55.1. The monoisotopic (exact) mass is 516 g/mol. The highest BCUT2D eigenvalue weighted by molar-refractivity contribution is 6.24. The van der Waals surface area contributed by atoms with E-state index in [1.165, 1.54) is 11.0 Å². The first-order valence-corrected chi connectivity index (χ1v) is 12.9. The first-order chi connectivity index (χ1) is 18.2. The van der Waals surface area contributed by atoms with Crippen LogP contribution in [0, 0.1) is 29.1 Å².